The maximum Gasteiger partial charge on any atom is 0.237 e. The third kappa shape index (κ3) is 3.23. The standard InChI is InChI=1S/C19H20N6OS/c1-3-25-15-7-5-4-6-13(15)14-10-12(8-9-16(14)25)21-17(26)11(2)27-19-22-18(20)23-24-19/h4-11H,3H2,1-2H3,(H,21,26)(H3,20,22,23,24)/t11-/m1/s1. The Bertz CT molecular complexity index is 1130. The van der Waals surface area contributed by atoms with Gasteiger partial charge < -0.3 is 15.6 Å². The minimum Gasteiger partial charge on any atom is -0.368 e. The first kappa shape index (κ1) is 17.4. The summed E-state index contributed by atoms with van der Waals surface area (Å²) in [6.07, 6.45) is 0. The van der Waals surface area contributed by atoms with E-state index in [1.165, 1.54) is 22.7 Å². The van der Waals surface area contributed by atoms with E-state index in [9.17, 15) is 4.79 Å². The molecule has 1 amide bonds. The molecule has 2 aromatic heterocycles. The van der Waals surface area contributed by atoms with Gasteiger partial charge in [-0.15, -0.1) is 5.10 Å². The van der Waals surface area contributed by atoms with Gasteiger partial charge in [0.05, 0.1) is 5.25 Å². The largest absolute Gasteiger partial charge is 0.368 e. The van der Waals surface area contributed by atoms with E-state index in [4.69, 9.17) is 5.73 Å². The fraction of sp³-hybridized carbons (Fsp3) is 0.211. The lowest BCUT2D eigenvalue weighted by molar-refractivity contribution is -0.115. The summed E-state index contributed by atoms with van der Waals surface area (Å²) in [6.45, 7) is 4.84. The van der Waals surface area contributed by atoms with E-state index in [2.05, 4.69) is 50.2 Å². The van der Waals surface area contributed by atoms with Crippen LogP contribution in [0.15, 0.2) is 47.6 Å². The molecule has 2 heterocycles. The molecule has 0 fully saturated rings. The van der Waals surface area contributed by atoms with Crippen LogP contribution in [0.2, 0.25) is 0 Å². The molecule has 0 bridgehead atoms. The van der Waals surface area contributed by atoms with Gasteiger partial charge in [0, 0.05) is 34.0 Å². The molecule has 4 aromatic rings. The van der Waals surface area contributed by atoms with Crippen LogP contribution in [0.25, 0.3) is 21.8 Å². The molecule has 0 aliphatic carbocycles. The molecule has 4 rings (SSSR count). The third-order valence-corrected chi connectivity index (χ3v) is 5.45. The normalized spacial score (nSPS) is 12.5. The zero-order valence-electron chi connectivity index (χ0n) is 15.1. The molecule has 0 saturated heterocycles. The Morgan fingerprint density at radius 3 is 2.78 bits per heavy atom. The molecule has 27 heavy (non-hydrogen) atoms. The predicted molar refractivity (Wildman–Crippen MR) is 110 cm³/mol. The van der Waals surface area contributed by atoms with Gasteiger partial charge in [-0.05, 0) is 38.1 Å². The van der Waals surface area contributed by atoms with Gasteiger partial charge in [-0.25, -0.2) is 5.10 Å². The average molecular weight is 380 g/mol. The molecule has 0 spiro atoms. The lowest BCUT2D eigenvalue weighted by Crippen LogP contribution is -2.22. The molecule has 0 aliphatic rings. The number of aryl methyl sites for hydroxylation is 1. The van der Waals surface area contributed by atoms with Gasteiger partial charge in [0.15, 0.2) is 0 Å². The quantitative estimate of drug-likeness (QED) is 0.459. The zero-order chi connectivity index (χ0) is 19.0. The molecule has 138 valence electrons. The van der Waals surface area contributed by atoms with Crippen LogP contribution in [0.4, 0.5) is 11.6 Å². The van der Waals surface area contributed by atoms with Crippen LogP contribution >= 0.6 is 11.8 Å². The van der Waals surface area contributed by atoms with Crippen molar-refractivity contribution in [3.8, 4) is 0 Å². The van der Waals surface area contributed by atoms with Gasteiger partial charge in [-0.3, -0.25) is 4.79 Å². The molecule has 0 aliphatic heterocycles. The number of hydrogen-bond acceptors (Lipinski definition) is 5. The summed E-state index contributed by atoms with van der Waals surface area (Å²) >= 11 is 1.26. The summed E-state index contributed by atoms with van der Waals surface area (Å²) in [6, 6.07) is 14.3. The van der Waals surface area contributed by atoms with Crippen LogP contribution in [-0.2, 0) is 11.3 Å². The lowest BCUT2D eigenvalue weighted by atomic mass is 10.1. The van der Waals surface area contributed by atoms with Crippen LogP contribution in [0.1, 0.15) is 13.8 Å². The average Bonchev–Trinajstić information content (AvgIpc) is 3.22. The predicted octanol–water partition coefficient (Wildman–Crippen LogP) is 3.63. The molecule has 4 N–H and O–H groups in total. The molecule has 7 nitrogen and oxygen atoms in total. The SMILES string of the molecule is CCn1c2ccccc2c2cc(NC(=O)[C@@H](C)Sc3n[nH]c(N)n3)ccc21. The number of hydrogen-bond donors (Lipinski definition) is 3. The van der Waals surface area contributed by atoms with Crippen LogP contribution < -0.4 is 11.1 Å². The fourth-order valence-corrected chi connectivity index (χ4v) is 3.97. The Morgan fingerprint density at radius 1 is 1.26 bits per heavy atom. The second-order valence-corrected chi connectivity index (χ2v) is 7.55. The first-order chi connectivity index (χ1) is 13.1. The highest BCUT2D eigenvalue weighted by molar-refractivity contribution is 8.00. The van der Waals surface area contributed by atoms with Crippen LogP contribution in [0.5, 0.6) is 0 Å². The molecule has 8 heteroatoms. The minimum atomic E-state index is -0.354. The Hall–Kier alpha value is -3.00. The smallest absolute Gasteiger partial charge is 0.237 e. The van der Waals surface area contributed by atoms with Crippen LogP contribution in [0.3, 0.4) is 0 Å². The molecule has 0 radical (unpaired) electrons. The van der Waals surface area contributed by atoms with E-state index in [-0.39, 0.29) is 17.1 Å². The highest BCUT2D eigenvalue weighted by atomic mass is 32.2. The summed E-state index contributed by atoms with van der Waals surface area (Å²) in [5.41, 5.74) is 8.65. The van der Waals surface area contributed by atoms with E-state index < -0.39 is 0 Å². The number of benzene rings is 2. The number of aromatic nitrogens is 4. The van der Waals surface area contributed by atoms with E-state index in [0.29, 0.717) is 5.16 Å². The number of nitrogens with one attached hydrogen (secondary N) is 2. The van der Waals surface area contributed by atoms with Gasteiger partial charge in [-0.1, -0.05) is 30.0 Å². The highest BCUT2D eigenvalue weighted by Gasteiger charge is 2.18. The zero-order valence-corrected chi connectivity index (χ0v) is 15.9. The Balaban J connectivity index is 1.60. The number of nitrogens with zero attached hydrogens (tertiary/aromatic N) is 3. The van der Waals surface area contributed by atoms with Crippen LogP contribution in [0, 0.1) is 0 Å². The summed E-state index contributed by atoms with van der Waals surface area (Å²) in [5.74, 6) is 0.129. The number of rotatable bonds is 5. The van der Waals surface area contributed by atoms with Crippen molar-refractivity contribution >= 4 is 51.1 Å². The number of amides is 1. The van der Waals surface area contributed by atoms with Gasteiger partial charge >= 0.3 is 0 Å². The molecular formula is C19H20N6OS. The molecular weight excluding hydrogens is 360 g/mol. The second-order valence-electron chi connectivity index (χ2n) is 6.25. The summed E-state index contributed by atoms with van der Waals surface area (Å²) < 4.78 is 2.28. The van der Waals surface area contributed by atoms with Gasteiger partial charge in [-0.2, -0.15) is 4.98 Å². The van der Waals surface area contributed by atoms with Gasteiger partial charge in [0.25, 0.3) is 0 Å². The highest BCUT2D eigenvalue weighted by Crippen LogP contribution is 2.31. The first-order valence-electron chi connectivity index (χ1n) is 8.73. The molecule has 2 aromatic carbocycles. The maximum absolute atomic E-state index is 12.6. The Morgan fingerprint density at radius 2 is 2.04 bits per heavy atom. The number of fused-ring (bicyclic) bond motifs is 3. The fourth-order valence-electron chi connectivity index (χ4n) is 3.24. The van der Waals surface area contributed by atoms with E-state index in [1.54, 1.807) is 0 Å². The van der Waals surface area contributed by atoms with Crippen molar-refractivity contribution < 1.29 is 4.79 Å². The molecule has 0 unspecified atom stereocenters. The van der Waals surface area contributed by atoms with Crippen molar-refractivity contribution in [2.24, 2.45) is 0 Å². The van der Waals surface area contributed by atoms with E-state index in [1.807, 2.05) is 31.2 Å². The monoisotopic (exact) mass is 380 g/mol. The number of aromatic amines is 1. The van der Waals surface area contributed by atoms with Crippen molar-refractivity contribution in [1.82, 2.24) is 19.7 Å². The topological polar surface area (TPSA) is 102 Å². The summed E-state index contributed by atoms with van der Waals surface area (Å²) in [5, 5.41) is 11.9. The summed E-state index contributed by atoms with van der Waals surface area (Å²) in [4.78, 5) is 16.6. The number of anilines is 2. The number of carbonyl (C=O) groups is 1. The van der Waals surface area contributed by atoms with Gasteiger partial charge in [0.2, 0.25) is 17.0 Å². The maximum atomic E-state index is 12.6. The Kier molecular flexibility index (Phi) is 4.49. The molecule has 1 atom stereocenters. The second kappa shape index (κ2) is 6.96. The van der Waals surface area contributed by atoms with Gasteiger partial charge in [0.1, 0.15) is 0 Å². The van der Waals surface area contributed by atoms with E-state index >= 15 is 0 Å². The van der Waals surface area contributed by atoms with Crippen molar-refractivity contribution in [3.63, 3.8) is 0 Å². The number of para-hydroxylation sites is 1. The minimum absolute atomic E-state index is 0.109. The number of nitrogens with two attached hydrogens (primary N) is 1. The number of H-pyrrole nitrogens is 1. The number of carbonyl (C=O) groups excluding carboxylic acids is 1. The molecule has 0 saturated carbocycles. The number of nitrogen functional groups attached to an aromatic ring is 1. The third-order valence-electron chi connectivity index (χ3n) is 4.49. The van der Waals surface area contributed by atoms with Crippen molar-refractivity contribution in [2.45, 2.75) is 30.8 Å². The van der Waals surface area contributed by atoms with Crippen molar-refractivity contribution in [1.29, 1.82) is 0 Å². The van der Waals surface area contributed by atoms with Crippen molar-refractivity contribution in [3.05, 3.63) is 42.5 Å². The first-order valence-corrected chi connectivity index (χ1v) is 9.61. The Labute approximate surface area is 160 Å². The van der Waals surface area contributed by atoms with Crippen LogP contribution in [-0.4, -0.2) is 30.9 Å². The van der Waals surface area contributed by atoms with E-state index in [0.717, 1.165) is 23.1 Å². The lowest BCUT2D eigenvalue weighted by Gasteiger charge is -2.10. The summed E-state index contributed by atoms with van der Waals surface area (Å²) in [7, 11) is 0. The number of thioether (sulfide) groups is 1. The van der Waals surface area contributed by atoms with Crippen molar-refractivity contribution in [2.75, 3.05) is 11.1 Å².